The minimum absolute atomic E-state index is 0.0139. The van der Waals surface area contributed by atoms with Crippen LogP contribution in [0.4, 0.5) is 5.69 Å². The molecule has 0 aromatic heterocycles. The summed E-state index contributed by atoms with van der Waals surface area (Å²) in [5.41, 5.74) is 4.31. The SMILES string of the molecule is CCC1C(=N)c2ccccc2CN(C(=O)CCNCOC(C)[C@@H](C)C(=O)O)c2ccccc21. The molecule has 7 heteroatoms. The predicted molar refractivity (Wildman–Crippen MR) is 129 cm³/mol. The molecule has 2 aromatic carbocycles. The van der Waals surface area contributed by atoms with Crippen molar-refractivity contribution in [3.05, 3.63) is 65.2 Å². The van der Waals surface area contributed by atoms with Crippen LogP contribution in [0.25, 0.3) is 0 Å². The van der Waals surface area contributed by atoms with Gasteiger partial charge in [-0.25, -0.2) is 0 Å². The minimum atomic E-state index is -0.896. The second-order valence-corrected chi connectivity index (χ2v) is 8.46. The van der Waals surface area contributed by atoms with Crippen LogP contribution in [0.15, 0.2) is 48.5 Å². The van der Waals surface area contributed by atoms with Gasteiger partial charge in [0.25, 0.3) is 0 Å². The Morgan fingerprint density at radius 3 is 2.61 bits per heavy atom. The fourth-order valence-electron chi connectivity index (χ4n) is 4.13. The van der Waals surface area contributed by atoms with Gasteiger partial charge in [0.05, 0.1) is 25.3 Å². The number of amides is 1. The van der Waals surface area contributed by atoms with Gasteiger partial charge in [0.2, 0.25) is 5.91 Å². The standard InChI is InChI=1S/C26H33N3O4/c1-4-20-22-11-7-8-12-23(22)29(15-19-9-5-6-10-21(19)25(20)27)24(30)13-14-28-16-33-18(3)17(2)26(31)32/h5-12,17-18,20,27-28H,4,13-16H2,1-3H3,(H,31,32)/t17-,18?,20?/m1/s1. The molecule has 2 aromatic rings. The van der Waals surface area contributed by atoms with Crippen molar-refractivity contribution < 1.29 is 19.4 Å². The lowest BCUT2D eigenvalue weighted by Crippen LogP contribution is -2.36. The predicted octanol–water partition coefficient (Wildman–Crippen LogP) is 4.16. The number of benzene rings is 2. The van der Waals surface area contributed by atoms with Gasteiger partial charge < -0.3 is 20.2 Å². The summed E-state index contributed by atoms with van der Waals surface area (Å²) in [6.07, 6.45) is 0.624. The van der Waals surface area contributed by atoms with E-state index in [-0.39, 0.29) is 25.0 Å². The molecule has 0 bridgehead atoms. The Labute approximate surface area is 195 Å². The van der Waals surface area contributed by atoms with Crippen LogP contribution in [0, 0.1) is 11.3 Å². The summed E-state index contributed by atoms with van der Waals surface area (Å²) < 4.78 is 5.53. The molecule has 0 aliphatic carbocycles. The number of para-hydroxylation sites is 1. The lowest BCUT2D eigenvalue weighted by Gasteiger charge is -2.32. The molecule has 0 saturated heterocycles. The Morgan fingerprint density at radius 1 is 1.18 bits per heavy atom. The number of anilines is 1. The zero-order chi connectivity index (χ0) is 24.0. The number of hydrogen-bond acceptors (Lipinski definition) is 5. The van der Waals surface area contributed by atoms with Crippen LogP contribution in [-0.4, -0.2) is 42.1 Å². The Kier molecular flexibility index (Phi) is 8.36. The summed E-state index contributed by atoms with van der Waals surface area (Å²) in [4.78, 5) is 26.2. The summed E-state index contributed by atoms with van der Waals surface area (Å²) in [6.45, 7) is 6.41. The summed E-state index contributed by atoms with van der Waals surface area (Å²) in [6, 6.07) is 15.7. The second kappa shape index (κ2) is 11.2. The third-order valence-corrected chi connectivity index (χ3v) is 6.35. The maximum absolute atomic E-state index is 13.3. The Hall–Kier alpha value is -3.03. The van der Waals surface area contributed by atoms with Gasteiger partial charge in [-0.2, -0.15) is 0 Å². The molecule has 33 heavy (non-hydrogen) atoms. The smallest absolute Gasteiger partial charge is 0.308 e. The molecule has 2 unspecified atom stereocenters. The van der Waals surface area contributed by atoms with Gasteiger partial charge in [-0.1, -0.05) is 49.4 Å². The molecule has 0 radical (unpaired) electrons. The molecular weight excluding hydrogens is 418 g/mol. The molecule has 176 valence electrons. The highest BCUT2D eigenvalue weighted by molar-refractivity contribution is 6.07. The minimum Gasteiger partial charge on any atom is -0.481 e. The van der Waals surface area contributed by atoms with E-state index in [4.69, 9.17) is 15.3 Å². The summed E-state index contributed by atoms with van der Waals surface area (Å²) >= 11 is 0. The number of nitrogens with one attached hydrogen (secondary N) is 2. The van der Waals surface area contributed by atoms with E-state index >= 15 is 0 Å². The van der Waals surface area contributed by atoms with Crippen molar-refractivity contribution >= 4 is 23.3 Å². The van der Waals surface area contributed by atoms with Gasteiger partial charge in [0.15, 0.2) is 0 Å². The fraction of sp³-hybridized carbons (Fsp3) is 0.423. The molecular formula is C26H33N3O4. The number of ether oxygens (including phenoxy) is 1. The van der Waals surface area contributed by atoms with Gasteiger partial charge in [0.1, 0.15) is 0 Å². The lowest BCUT2D eigenvalue weighted by molar-refractivity contribution is -0.146. The van der Waals surface area contributed by atoms with E-state index < -0.39 is 18.0 Å². The number of fused-ring (bicyclic) bond motifs is 2. The maximum atomic E-state index is 13.3. The highest BCUT2D eigenvalue weighted by Gasteiger charge is 2.29. The number of nitrogens with zero attached hydrogens (tertiary/aromatic N) is 1. The zero-order valence-electron chi connectivity index (χ0n) is 19.5. The number of carboxylic acid groups (broad SMARTS) is 1. The summed E-state index contributed by atoms with van der Waals surface area (Å²) in [7, 11) is 0. The van der Waals surface area contributed by atoms with E-state index in [9.17, 15) is 9.59 Å². The molecule has 0 spiro atoms. The maximum Gasteiger partial charge on any atom is 0.308 e. The van der Waals surface area contributed by atoms with Crippen molar-refractivity contribution in [2.24, 2.45) is 5.92 Å². The highest BCUT2D eigenvalue weighted by Crippen LogP contribution is 2.36. The van der Waals surface area contributed by atoms with E-state index in [0.717, 1.165) is 28.8 Å². The van der Waals surface area contributed by atoms with E-state index in [2.05, 4.69) is 12.2 Å². The average molecular weight is 452 g/mol. The molecule has 0 fully saturated rings. The summed E-state index contributed by atoms with van der Waals surface area (Å²) in [5, 5.41) is 21.0. The van der Waals surface area contributed by atoms with Gasteiger partial charge in [-0.3, -0.25) is 14.9 Å². The third-order valence-electron chi connectivity index (χ3n) is 6.35. The molecule has 3 atom stereocenters. The van der Waals surface area contributed by atoms with Gasteiger partial charge in [0, 0.05) is 35.8 Å². The van der Waals surface area contributed by atoms with Crippen molar-refractivity contribution in [2.75, 3.05) is 18.2 Å². The quantitative estimate of drug-likeness (QED) is 0.392. The largest absolute Gasteiger partial charge is 0.481 e. The highest BCUT2D eigenvalue weighted by atomic mass is 16.5. The monoisotopic (exact) mass is 451 g/mol. The first-order chi connectivity index (χ1) is 15.8. The van der Waals surface area contributed by atoms with Crippen LogP contribution in [0.5, 0.6) is 0 Å². The first-order valence-electron chi connectivity index (χ1n) is 11.5. The number of carbonyl (C=O) groups is 2. The Balaban J connectivity index is 1.73. The first kappa shape index (κ1) is 24.6. The second-order valence-electron chi connectivity index (χ2n) is 8.46. The van der Waals surface area contributed by atoms with E-state index in [1.807, 2.05) is 53.4 Å². The number of carbonyl (C=O) groups excluding carboxylic acids is 1. The van der Waals surface area contributed by atoms with Crippen molar-refractivity contribution in [1.29, 1.82) is 5.41 Å². The lowest BCUT2D eigenvalue weighted by atomic mass is 9.83. The van der Waals surface area contributed by atoms with Crippen LogP contribution in [0.2, 0.25) is 0 Å². The van der Waals surface area contributed by atoms with Crippen molar-refractivity contribution in [3.63, 3.8) is 0 Å². The van der Waals surface area contributed by atoms with Crippen LogP contribution in [0.3, 0.4) is 0 Å². The van der Waals surface area contributed by atoms with E-state index in [1.54, 1.807) is 13.8 Å². The summed E-state index contributed by atoms with van der Waals surface area (Å²) in [5.74, 6) is -1.59. The topological polar surface area (TPSA) is 103 Å². The first-order valence-corrected chi connectivity index (χ1v) is 11.5. The molecule has 3 N–H and O–H groups in total. The third kappa shape index (κ3) is 5.67. The number of carboxylic acids is 1. The normalized spacial score (nSPS) is 17.4. The number of hydrogen-bond donors (Lipinski definition) is 3. The fourth-order valence-corrected chi connectivity index (χ4v) is 4.13. The van der Waals surface area contributed by atoms with Gasteiger partial charge in [-0.05, 0) is 37.5 Å². The number of rotatable bonds is 9. The zero-order valence-corrected chi connectivity index (χ0v) is 19.5. The van der Waals surface area contributed by atoms with Crippen molar-refractivity contribution in [1.82, 2.24) is 5.32 Å². The molecule has 1 heterocycles. The molecule has 1 amide bonds. The molecule has 1 aliphatic rings. The molecule has 7 nitrogen and oxygen atoms in total. The van der Waals surface area contributed by atoms with Crippen LogP contribution >= 0.6 is 0 Å². The number of aliphatic carboxylic acids is 1. The molecule has 0 saturated carbocycles. The van der Waals surface area contributed by atoms with Crippen LogP contribution in [-0.2, 0) is 20.9 Å². The van der Waals surface area contributed by atoms with Crippen molar-refractivity contribution in [3.8, 4) is 0 Å². The molecule has 1 aliphatic heterocycles. The average Bonchev–Trinajstić information content (AvgIpc) is 2.81. The van der Waals surface area contributed by atoms with Crippen LogP contribution in [0.1, 0.15) is 56.2 Å². The van der Waals surface area contributed by atoms with E-state index in [1.165, 1.54) is 0 Å². The Morgan fingerprint density at radius 2 is 1.88 bits per heavy atom. The van der Waals surface area contributed by atoms with Crippen molar-refractivity contribution in [2.45, 2.75) is 52.2 Å². The van der Waals surface area contributed by atoms with Gasteiger partial charge in [-0.15, -0.1) is 0 Å². The van der Waals surface area contributed by atoms with Crippen LogP contribution < -0.4 is 10.2 Å². The van der Waals surface area contributed by atoms with Gasteiger partial charge >= 0.3 is 5.97 Å². The Bertz CT molecular complexity index is 1010. The molecule has 3 rings (SSSR count). The van der Waals surface area contributed by atoms with E-state index in [0.29, 0.717) is 18.8 Å².